The Morgan fingerprint density at radius 1 is 0.731 bits per heavy atom. The van der Waals surface area contributed by atoms with E-state index in [1.165, 1.54) is 5.69 Å². The lowest BCUT2D eigenvalue weighted by molar-refractivity contribution is 0.886. The molecule has 0 radical (unpaired) electrons. The van der Waals surface area contributed by atoms with E-state index in [-0.39, 0.29) is 0 Å². The van der Waals surface area contributed by atoms with Crippen LogP contribution in [0.2, 0.25) is 0 Å². The fraction of sp³-hybridized carbons (Fsp3) is 0.0851. The van der Waals surface area contributed by atoms with E-state index in [1.54, 1.807) is 0 Å². The highest BCUT2D eigenvalue weighted by atomic mass is 15.0. The minimum atomic E-state index is 0.353. The van der Waals surface area contributed by atoms with Gasteiger partial charge in [-0.2, -0.15) is 15.8 Å². The number of nitrogens with zero attached hydrogens (tertiary/aromatic N) is 5. The van der Waals surface area contributed by atoms with Crippen molar-refractivity contribution in [1.29, 1.82) is 15.8 Å². The van der Waals surface area contributed by atoms with E-state index in [2.05, 4.69) is 101 Å². The molecule has 0 aliphatic heterocycles. The average Bonchev–Trinajstić information content (AvgIpc) is 3.71. The third kappa shape index (κ3) is 5.32. The number of allylic oxidation sites excluding steroid dienone is 6. The van der Waals surface area contributed by atoms with Crippen LogP contribution >= 0.6 is 0 Å². The Morgan fingerprint density at radius 3 is 2.19 bits per heavy atom. The van der Waals surface area contributed by atoms with Crippen LogP contribution in [0, 0.1) is 34.0 Å². The molecule has 0 fully saturated rings. The predicted octanol–water partition coefficient (Wildman–Crippen LogP) is 11.1. The van der Waals surface area contributed by atoms with Crippen molar-refractivity contribution < 1.29 is 0 Å². The summed E-state index contributed by atoms with van der Waals surface area (Å²) in [4.78, 5) is 0. The van der Waals surface area contributed by atoms with E-state index < -0.39 is 0 Å². The first-order chi connectivity index (χ1) is 25.7. The molecule has 5 nitrogen and oxygen atoms in total. The second-order valence-electron chi connectivity index (χ2n) is 12.9. The number of hydrogen-bond acceptors (Lipinski definition) is 3. The summed E-state index contributed by atoms with van der Waals surface area (Å²) >= 11 is 0. The molecule has 0 saturated carbocycles. The summed E-state index contributed by atoms with van der Waals surface area (Å²) in [5.74, 6) is 0. The lowest BCUT2D eigenvalue weighted by Crippen LogP contribution is -2.08. The SMILES string of the molecule is C=CC/C=C\C=C(/Cc1c(C#N)ccc(-n2c3ccccc3c3ccccc32)c1C#N)c1ccccc1-n1c2c(c3cc(C#N)ccc31)C=CCC2. The molecule has 52 heavy (non-hydrogen) atoms. The normalized spacial score (nSPS) is 12.6. The molecular weight excluding hydrogens is 635 g/mol. The predicted molar refractivity (Wildman–Crippen MR) is 211 cm³/mol. The molecule has 2 aromatic heterocycles. The maximum absolute atomic E-state index is 10.9. The summed E-state index contributed by atoms with van der Waals surface area (Å²) in [6, 6.07) is 41.7. The number of aromatic nitrogens is 2. The molecule has 7 aromatic rings. The van der Waals surface area contributed by atoms with Crippen LogP contribution in [-0.2, 0) is 12.8 Å². The molecule has 0 spiro atoms. The number of benzene rings is 5. The monoisotopic (exact) mass is 667 g/mol. The second kappa shape index (κ2) is 13.6. The molecule has 1 aliphatic carbocycles. The lowest BCUT2D eigenvalue weighted by Gasteiger charge is -2.20. The number of para-hydroxylation sites is 3. The molecular formula is C47H33N5. The van der Waals surface area contributed by atoms with Gasteiger partial charge >= 0.3 is 0 Å². The molecule has 246 valence electrons. The highest BCUT2D eigenvalue weighted by Gasteiger charge is 2.24. The largest absolute Gasteiger partial charge is 0.312 e. The molecule has 0 N–H and O–H groups in total. The van der Waals surface area contributed by atoms with Crippen molar-refractivity contribution in [3.63, 3.8) is 0 Å². The molecule has 0 saturated heterocycles. The summed E-state index contributed by atoms with van der Waals surface area (Å²) < 4.78 is 4.48. The van der Waals surface area contributed by atoms with Crippen molar-refractivity contribution in [1.82, 2.24) is 9.13 Å². The third-order valence-corrected chi connectivity index (χ3v) is 10.0. The average molecular weight is 668 g/mol. The maximum atomic E-state index is 10.9. The molecule has 1 aliphatic rings. The third-order valence-electron chi connectivity index (χ3n) is 10.0. The van der Waals surface area contributed by atoms with E-state index in [9.17, 15) is 15.8 Å². The van der Waals surface area contributed by atoms with Gasteiger partial charge in [0.1, 0.15) is 6.07 Å². The molecule has 5 heteroatoms. The van der Waals surface area contributed by atoms with Crippen LogP contribution in [0.4, 0.5) is 0 Å². The van der Waals surface area contributed by atoms with Gasteiger partial charge in [-0.3, -0.25) is 0 Å². The number of nitriles is 3. The van der Waals surface area contributed by atoms with Crippen molar-refractivity contribution in [2.45, 2.75) is 25.7 Å². The van der Waals surface area contributed by atoms with Gasteiger partial charge in [-0.25, -0.2) is 0 Å². The topological polar surface area (TPSA) is 81.2 Å². The van der Waals surface area contributed by atoms with Crippen molar-refractivity contribution >= 4 is 44.4 Å². The fourth-order valence-corrected chi connectivity index (χ4v) is 7.72. The first-order valence-corrected chi connectivity index (χ1v) is 17.4. The zero-order valence-electron chi connectivity index (χ0n) is 28.6. The molecule has 0 unspecified atom stereocenters. The minimum Gasteiger partial charge on any atom is -0.312 e. The zero-order valence-corrected chi connectivity index (χ0v) is 28.6. The zero-order chi connectivity index (χ0) is 35.6. The molecule has 2 heterocycles. The van der Waals surface area contributed by atoms with E-state index in [0.717, 1.165) is 73.6 Å². The molecule has 5 aromatic carbocycles. The molecule has 0 atom stereocenters. The van der Waals surface area contributed by atoms with Crippen LogP contribution in [-0.4, -0.2) is 9.13 Å². The van der Waals surface area contributed by atoms with Crippen molar-refractivity contribution in [2.24, 2.45) is 0 Å². The van der Waals surface area contributed by atoms with E-state index in [4.69, 9.17) is 0 Å². The van der Waals surface area contributed by atoms with Crippen LogP contribution in [0.3, 0.4) is 0 Å². The summed E-state index contributed by atoms with van der Waals surface area (Å²) in [5.41, 5.74) is 11.4. The van der Waals surface area contributed by atoms with Gasteiger partial charge in [-0.15, -0.1) is 6.58 Å². The van der Waals surface area contributed by atoms with Crippen LogP contribution in [0.15, 0.2) is 140 Å². The van der Waals surface area contributed by atoms with Crippen molar-refractivity contribution in [3.8, 4) is 29.6 Å². The smallest absolute Gasteiger partial charge is 0.102 e. The van der Waals surface area contributed by atoms with Crippen molar-refractivity contribution in [2.75, 3.05) is 0 Å². The van der Waals surface area contributed by atoms with Crippen LogP contribution in [0.25, 0.3) is 55.7 Å². The Kier molecular flexibility index (Phi) is 8.42. The standard InChI is InChI=1S/C47H33N5/c1-2-3-4-5-14-33(35-15-6-10-19-42(35)51-45-22-13-9-18-38(45)40-27-32(29-48)23-25-46(40)51)28-39-34(30-49)24-26-47(41(39)31-50)52-43-20-11-7-16-36(43)37-17-8-12-21-44(37)52/h2,4-12,14-21,23-27H,1,3,13,22,28H2/b5-4-,33-14+. The highest BCUT2D eigenvalue weighted by Crippen LogP contribution is 2.39. The van der Waals surface area contributed by atoms with Gasteiger partial charge in [-0.1, -0.05) is 91.1 Å². The van der Waals surface area contributed by atoms with Crippen LogP contribution < -0.4 is 0 Å². The number of rotatable bonds is 8. The summed E-state index contributed by atoms with van der Waals surface area (Å²) in [6.45, 7) is 3.88. The minimum absolute atomic E-state index is 0.353. The van der Waals surface area contributed by atoms with E-state index in [1.807, 2.05) is 72.8 Å². The summed E-state index contributed by atoms with van der Waals surface area (Å²) in [7, 11) is 0. The van der Waals surface area contributed by atoms with Gasteiger partial charge in [-0.05, 0) is 78.9 Å². The molecule has 0 bridgehead atoms. The molecule has 8 rings (SSSR count). The first kappa shape index (κ1) is 32.1. The van der Waals surface area contributed by atoms with Gasteiger partial charge in [0.05, 0.1) is 56.8 Å². The Balaban J connectivity index is 1.36. The summed E-state index contributed by atoms with van der Waals surface area (Å²) in [6.07, 6.45) is 15.3. The van der Waals surface area contributed by atoms with Crippen molar-refractivity contribution in [3.05, 3.63) is 179 Å². The van der Waals surface area contributed by atoms with Crippen LogP contribution in [0.1, 0.15) is 51.9 Å². The Bertz CT molecular complexity index is 2740. The highest BCUT2D eigenvalue weighted by molar-refractivity contribution is 6.09. The first-order valence-electron chi connectivity index (χ1n) is 17.4. The number of hydrogen-bond donors (Lipinski definition) is 0. The fourth-order valence-electron chi connectivity index (χ4n) is 7.72. The summed E-state index contributed by atoms with van der Waals surface area (Å²) in [5, 5.41) is 34.4. The Labute approximate surface area is 302 Å². The molecule has 0 amide bonds. The van der Waals surface area contributed by atoms with Crippen LogP contribution in [0.5, 0.6) is 0 Å². The van der Waals surface area contributed by atoms with E-state index >= 15 is 0 Å². The van der Waals surface area contributed by atoms with Gasteiger partial charge < -0.3 is 9.13 Å². The lowest BCUT2D eigenvalue weighted by atomic mass is 9.90. The van der Waals surface area contributed by atoms with E-state index in [0.29, 0.717) is 35.1 Å². The number of fused-ring (bicyclic) bond motifs is 6. The quantitative estimate of drug-likeness (QED) is 0.119. The van der Waals surface area contributed by atoms with Gasteiger partial charge in [0.15, 0.2) is 0 Å². The van der Waals surface area contributed by atoms with Gasteiger partial charge in [0.25, 0.3) is 0 Å². The van der Waals surface area contributed by atoms with Gasteiger partial charge in [0.2, 0.25) is 0 Å². The Morgan fingerprint density at radius 2 is 1.46 bits per heavy atom. The Hall–Kier alpha value is -7.13. The van der Waals surface area contributed by atoms with Gasteiger partial charge in [0, 0.05) is 39.4 Å². The maximum Gasteiger partial charge on any atom is 0.102 e. The second-order valence-corrected chi connectivity index (χ2v) is 12.9.